The summed E-state index contributed by atoms with van der Waals surface area (Å²) in [5, 5.41) is 19.9. The van der Waals surface area contributed by atoms with Gasteiger partial charge in [0, 0.05) is 6.04 Å². The van der Waals surface area contributed by atoms with Crippen LogP contribution < -0.4 is 5.32 Å². The molecule has 7 nitrogen and oxygen atoms in total. The second-order valence-corrected chi connectivity index (χ2v) is 4.19. The Morgan fingerprint density at radius 1 is 1.11 bits per heavy atom. The molecule has 0 spiro atoms. The minimum absolute atomic E-state index is 0.000920. The molecule has 7 heteroatoms. The first kappa shape index (κ1) is 16.4. The van der Waals surface area contributed by atoms with Gasteiger partial charge in [-0.15, -0.1) is 0 Å². The number of carbonyl (C=O) groups is 3. The van der Waals surface area contributed by atoms with Gasteiger partial charge in [0.2, 0.25) is 5.91 Å². The van der Waals surface area contributed by atoms with Crippen molar-refractivity contribution in [1.29, 1.82) is 0 Å². The molecule has 1 unspecified atom stereocenters. The Morgan fingerprint density at radius 2 is 1.61 bits per heavy atom. The van der Waals surface area contributed by atoms with E-state index in [1.54, 1.807) is 0 Å². The molecular formula is C11H20N2O5. The molecule has 18 heavy (non-hydrogen) atoms. The van der Waals surface area contributed by atoms with Gasteiger partial charge in [-0.25, -0.2) is 0 Å². The quantitative estimate of drug-likeness (QED) is 0.528. The van der Waals surface area contributed by atoms with Gasteiger partial charge >= 0.3 is 11.9 Å². The van der Waals surface area contributed by atoms with Gasteiger partial charge in [-0.05, 0) is 13.3 Å². The minimum Gasteiger partial charge on any atom is -0.480 e. The summed E-state index contributed by atoms with van der Waals surface area (Å²) in [5.41, 5.74) is 0. The Balaban J connectivity index is 4.25. The monoisotopic (exact) mass is 260 g/mol. The second kappa shape index (κ2) is 8.46. The number of carboxylic acids is 2. The van der Waals surface area contributed by atoms with Gasteiger partial charge in [-0.1, -0.05) is 13.3 Å². The Labute approximate surface area is 106 Å². The molecule has 0 heterocycles. The molecule has 0 aromatic rings. The number of aliphatic carboxylic acids is 2. The Bertz CT molecular complexity index is 290. The van der Waals surface area contributed by atoms with Crippen LogP contribution in [0.4, 0.5) is 0 Å². The van der Waals surface area contributed by atoms with E-state index in [0.29, 0.717) is 0 Å². The molecule has 0 fully saturated rings. The number of hydrogen-bond donors (Lipinski definition) is 3. The van der Waals surface area contributed by atoms with Crippen LogP contribution in [0.1, 0.15) is 26.7 Å². The van der Waals surface area contributed by atoms with Gasteiger partial charge in [0.1, 0.15) is 0 Å². The van der Waals surface area contributed by atoms with Crippen LogP contribution in [0.2, 0.25) is 0 Å². The molecule has 1 amide bonds. The van der Waals surface area contributed by atoms with Gasteiger partial charge in [-0.2, -0.15) is 0 Å². The first-order chi connectivity index (χ1) is 8.35. The van der Waals surface area contributed by atoms with E-state index in [1.807, 2.05) is 13.8 Å². The van der Waals surface area contributed by atoms with E-state index in [1.165, 1.54) is 0 Å². The summed E-state index contributed by atoms with van der Waals surface area (Å²) < 4.78 is 0. The van der Waals surface area contributed by atoms with Crippen LogP contribution in [0.25, 0.3) is 0 Å². The SMILES string of the molecule is CCCC(C)NC(=O)CN(CC(=O)O)CC(=O)O. The lowest BCUT2D eigenvalue weighted by Gasteiger charge is -2.19. The Morgan fingerprint density at radius 3 is 2.00 bits per heavy atom. The molecule has 104 valence electrons. The first-order valence-corrected chi connectivity index (χ1v) is 5.80. The number of nitrogens with zero attached hydrogens (tertiary/aromatic N) is 1. The fourth-order valence-electron chi connectivity index (χ4n) is 1.58. The van der Waals surface area contributed by atoms with Crippen molar-refractivity contribution in [3.05, 3.63) is 0 Å². The van der Waals surface area contributed by atoms with Gasteiger partial charge in [0.05, 0.1) is 19.6 Å². The highest BCUT2D eigenvalue weighted by Gasteiger charge is 2.17. The number of amides is 1. The van der Waals surface area contributed by atoms with Crippen molar-refractivity contribution in [3.8, 4) is 0 Å². The molecule has 0 rings (SSSR count). The molecule has 0 saturated heterocycles. The highest BCUT2D eigenvalue weighted by molar-refractivity contribution is 5.80. The average Bonchev–Trinajstić information content (AvgIpc) is 2.14. The van der Waals surface area contributed by atoms with Crippen LogP contribution in [-0.2, 0) is 14.4 Å². The number of nitrogens with one attached hydrogen (secondary N) is 1. The Kier molecular flexibility index (Phi) is 7.69. The van der Waals surface area contributed by atoms with Crippen molar-refractivity contribution in [2.24, 2.45) is 0 Å². The van der Waals surface area contributed by atoms with E-state index in [2.05, 4.69) is 5.32 Å². The van der Waals surface area contributed by atoms with Crippen molar-refractivity contribution in [3.63, 3.8) is 0 Å². The van der Waals surface area contributed by atoms with Crippen molar-refractivity contribution in [2.75, 3.05) is 19.6 Å². The summed E-state index contributed by atoms with van der Waals surface area (Å²) in [6.45, 7) is 2.67. The zero-order valence-electron chi connectivity index (χ0n) is 10.7. The van der Waals surface area contributed by atoms with E-state index in [4.69, 9.17) is 10.2 Å². The second-order valence-electron chi connectivity index (χ2n) is 4.19. The number of carbonyl (C=O) groups excluding carboxylic acids is 1. The van der Waals surface area contributed by atoms with E-state index in [9.17, 15) is 14.4 Å². The van der Waals surface area contributed by atoms with E-state index < -0.39 is 25.0 Å². The molecule has 1 atom stereocenters. The van der Waals surface area contributed by atoms with Crippen LogP contribution in [0.3, 0.4) is 0 Å². The molecule has 0 radical (unpaired) electrons. The van der Waals surface area contributed by atoms with Crippen molar-refractivity contribution >= 4 is 17.8 Å². The summed E-state index contributed by atoms with van der Waals surface area (Å²) in [5.74, 6) is -2.69. The van der Waals surface area contributed by atoms with Gasteiger partial charge < -0.3 is 15.5 Å². The number of rotatable bonds is 9. The maximum Gasteiger partial charge on any atom is 0.317 e. The maximum absolute atomic E-state index is 11.6. The zero-order valence-corrected chi connectivity index (χ0v) is 10.7. The molecule has 0 aliphatic carbocycles. The van der Waals surface area contributed by atoms with Gasteiger partial charge in [0.15, 0.2) is 0 Å². The normalized spacial score (nSPS) is 12.2. The molecule has 3 N–H and O–H groups in total. The van der Waals surface area contributed by atoms with Crippen molar-refractivity contribution in [2.45, 2.75) is 32.7 Å². The zero-order chi connectivity index (χ0) is 14.1. The fraction of sp³-hybridized carbons (Fsp3) is 0.727. The predicted molar refractivity (Wildman–Crippen MR) is 64.2 cm³/mol. The minimum atomic E-state index is -1.16. The summed E-state index contributed by atoms with van der Waals surface area (Å²) in [6.07, 6.45) is 1.75. The summed E-state index contributed by atoms with van der Waals surface area (Å²) >= 11 is 0. The highest BCUT2D eigenvalue weighted by Crippen LogP contribution is 1.95. The average molecular weight is 260 g/mol. The number of carboxylic acid groups (broad SMARTS) is 2. The topological polar surface area (TPSA) is 107 Å². The predicted octanol–water partition coefficient (Wildman–Crippen LogP) is -0.238. The van der Waals surface area contributed by atoms with Crippen molar-refractivity contribution < 1.29 is 24.6 Å². The standard InChI is InChI=1S/C11H20N2O5/c1-3-4-8(2)12-9(14)5-13(6-10(15)16)7-11(17)18/h8H,3-7H2,1-2H3,(H,12,14)(H,15,16)(H,17,18). The third kappa shape index (κ3) is 8.51. The van der Waals surface area contributed by atoms with E-state index in [-0.39, 0.29) is 18.5 Å². The number of hydrogen-bond acceptors (Lipinski definition) is 4. The molecule has 0 bridgehead atoms. The largest absolute Gasteiger partial charge is 0.480 e. The molecule has 0 aliphatic heterocycles. The van der Waals surface area contributed by atoms with Gasteiger partial charge in [-0.3, -0.25) is 19.3 Å². The molecule has 0 aromatic heterocycles. The lowest BCUT2D eigenvalue weighted by Crippen LogP contribution is -2.44. The highest BCUT2D eigenvalue weighted by atomic mass is 16.4. The maximum atomic E-state index is 11.6. The summed E-state index contributed by atoms with van der Waals surface area (Å²) in [6, 6.07) is -0.000920. The first-order valence-electron chi connectivity index (χ1n) is 5.80. The molecular weight excluding hydrogens is 240 g/mol. The lowest BCUT2D eigenvalue weighted by molar-refractivity contribution is -0.142. The molecule has 0 aromatic carbocycles. The summed E-state index contributed by atoms with van der Waals surface area (Å²) in [4.78, 5) is 33.7. The van der Waals surface area contributed by atoms with Crippen LogP contribution in [0, 0.1) is 0 Å². The van der Waals surface area contributed by atoms with Crippen LogP contribution in [-0.4, -0.2) is 58.6 Å². The lowest BCUT2D eigenvalue weighted by atomic mass is 10.2. The summed E-state index contributed by atoms with van der Waals surface area (Å²) in [7, 11) is 0. The van der Waals surface area contributed by atoms with Crippen LogP contribution in [0.15, 0.2) is 0 Å². The smallest absolute Gasteiger partial charge is 0.317 e. The van der Waals surface area contributed by atoms with E-state index >= 15 is 0 Å². The Hall–Kier alpha value is -1.63. The van der Waals surface area contributed by atoms with Gasteiger partial charge in [0.25, 0.3) is 0 Å². The third-order valence-electron chi connectivity index (χ3n) is 2.21. The van der Waals surface area contributed by atoms with Crippen LogP contribution in [0.5, 0.6) is 0 Å². The third-order valence-corrected chi connectivity index (χ3v) is 2.21. The van der Waals surface area contributed by atoms with Crippen LogP contribution >= 0.6 is 0 Å². The van der Waals surface area contributed by atoms with Crippen molar-refractivity contribution in [1.82, 2.24) is 10.2 Å². The molecule has 0 saturated carbocycles. The van der Waals surface area contributed by atoms with E-state index in [0.717, 1.165) is 17.7 Å². The molecule has 0 aliphatic rings. The fourth-order valence-corrected chi connectivity index (χ4v) is 1.58.